The summed E-state index contributed by atoms with van der Waals surface area (Å²) in [5.74, 6) is 1.49. The van der Waals surface area contributed by atoms with Gasteiger partial charge in [-0.25, -0.2) is 0 Å². The highest BCUT2D eigenvalue weighted by molar-refractivity contribution is 6.74. The normalized spacial score (nSPS) is 17.3. The Morgan fingerprint density at radius 3 is 2.26 bits per heavy atom. The minimum Gasteiger partial charge on any atom is -0.544 e. The Morgan fingerprint density at radius 1 is 1.04 bits per heavy atom. The fraction of sp³-hybridized carbons (Fsp3) is 0.435. The van der Waals surface area contributed by atoms with E-state index in [-0.39, 0.29) is 16.7 Å². The van der Waals surface area contributed by atoms with Crippen LogP contribution in [0, 0.1) is 13.8 Å². The summed E-state index contributed by atoms with van der Waals surface area (Å²) in [5, 5.41) is 0.151. The number of ketones is 1. The van der Waals surface area contributed by atoms with Gasteiger partial charge in [-0.2, -0.15) is 0 Å². The summed E-state index contributed by atoms with van der Waals surface area (Å²) in [6.45, 7) is 15.6. The molecule has 0 fully saturated rings. The van der Waals surface area contributed by atoms with Crippen LogP contribution in [0.5, 0.6) is 11.5 Å². The van der Waals surface area contributed by atoms with Crippen molar-refractivity contribution < 1.29 is 14.0 Å². The molecule has 0 amide bonds. The van der Waals surface area contributed by atoms with Crippen LogP contribution in [0.1, 0.15) is 53.7 Å². The van der Waals surface area contributed by atoms with Gasteiger partial charge in [0.05, 0.1) is 11.5 Å². The molecular formula is C23H30O3Si. The topological polar surface area (TPSA) is 35.5 Å². The third kappa shape index (κ3) is 3.68. The molecule has 27 heavy (non-hydrogen) atoms. The van der Waals surface area contributed by atoms with Crippen molar-refractivity contribution in [2.24, 2.45) is 0 Å². The first kappa shape index (κ1) is 19.7. The minimum atomic E-state index is -1.87. The minimum absolute atomic E-state index is 0.136. The Morgan fingerprint density at radius 2 is 1.67 bits per heavy atom. The van der Waals surface area contributed by atoms with Crippen molar-refractivity contribution in [3.63, 3.8) is 0 Å². The largest absolute Gasteiger partial charge is 0.544 e. The van der Waals surface area contributed by atoms with Crippen LogP contribution < -0.4 is 9.16 Å². The lowest BCUT2D eigenvalue weighted by molar-refractivity contribution is 0.0895. The van der Waals surface area contributed by atoms with Crippen LogP contribution in [0.2, 0.25) is 18.1 Å². The summed E-state index contributed by atoms with van der Waals surface area (Å²) in [7, 11) is -1.87. The molecule has 0 saturated heterocycles. The quantitative estimate of drug-likeness (QED) is 0.607. The summed E-state index contributed by atoms with van der Waals surface area (Å²) >= 11 is 0. The maximum atomic E-state index is 13.0. The Hall–Kier alpha value is -2.07. The number of carbonyl (C=O) groups excluding carboxylic acids is 1. The monoisotopic (exact) mass is 382 g/mol. The van der Waals surface area contributed by atoms with E-state index in [0.717, 1.165) is 28.2 Å². The molecule has 0 bridgehead atoms. The molecular weight excluding hydrogens is 352 g/mol. The van der Waals surface area contributed by atoms with E-state index in [1.807, 2.05) is 50.2 Å². The zero-order valence-electron chi connectivity index (χ0n) is 17.5. The zero-order chi connectivity index (χ0) is 20.0. The molecule has 3 rings (SSSR count). The van der Waals surface area contributed by atoms with Gasteiger partial charge in [0.15, 0.2) is 5.78 Å². The first-order valence-electron chi connectivity index (χ1n) is 9.57. The van der Waals surface area contributed by atoms with Crippen molar-refractivity contribution in [2.75, 3.05) is 6.61 Å². The predicted molar refractivity (Wildman–Crippen MR) is 113 cm³/mol. The van der Waals surface area contributed by atoms with E-state index in [1.165, 1.54) is 0 Å². The first-order valence-corrected chi connectivity index (χ1v) is 12.5. The van der Waals surface area contributed by atoms with Gasteiger partial charge in [0, 0.05) is 0 Å². The summed E-state index contributed by atoms with van der Waals surface area (Å²) in [6.07, 6.45) is 0. The number of benzene rings is 2. The summed E-state index contributed by atoms with van der Waals surface area (Å²) in [6, 6.07) is 11.9. The molecule has 0 N–H and O–H groups in total. The number of rotatable bonds is 3. The first-order chi connectivity index (χ1) is 12.5. The van der Waals surface area contributed by atoms with Crippen LogP contribution in [0.15, 0.2) is 36.4 Å². The fourth-order valence-electron chi connectivity index (χ4n) is 3.06. The average molecular weight is 383 g/mol. The highest BCUT2D eigenvalue weighted by Crippen LogP contribution is 2.39. The van der Waals surface area contributed by atoms with Gasteiger partial charge in [0.2, 0.25) is 8.32 Å². The van der Waals surface area contributed by atoms with Crippen LogP contribution in [0.25, 0.3) is 0 Å². The maximum Gasteiger partial charge on any atom is 0.250 e. The van der Waals surface area contributed by atoms with E-state index >= 15 is 0 Å². The van der Waals surface area contributed by atoms with Gasteiger partial charge < -0.3 is 9.16 Å². The van der Waals surface area contributed by atoms with Crippen molar-refractivity contribution in [3.05, 3.63) is 58.7 Å². The average Bonchev–Trinajstić information content (AvgIpc) is 2.58. The lowest BCUT2D eigenvalue weighted by Crippen LogP contribution is -2.43. The molecule has 2 aromatic carbocycles. The number of carbonyl (C=O) groups is 1. The van der Waals surface area contributed by atoms with Gasteiger partial charge in [-0.15, -0.1) is 0 Å². The van der Waals surface area contributed by atoms with Gasteiger partial charge in [-0.1, -0.05) is 39.0 Å². The zero-order valence-corrected chi connectivity index (χ0v) is 18.5. The maximum absolute atomic E-state index is 13.0. The van der Waals surface area contributed by atoms with Gasteiger partial charge in [0.1, 0.15) is 18.1 Å². The van der Waals surface area contributed by atoms with Crippen LogP contribution >= 0.6 is 0 Å². The van der Waals surface area contributed by atoms with Crippen LogP contribution in [0.3, 0.4) is 0 Å². The SMILES string of the molecule is Cc1ccc2c(c1C)OCC(c1ccc(O[Si](C)(C)C(C)(C)C)cc1)C2=O. The molecule has 2 aromatic rings. The fourth-order valence-corrected chi connectivity index (χ4v) is 4.10. The van der Waals surface area contributed by atoms with Crippen LogP contribution in [-0.2, 0) is 0 Å². The Balaban J connectivity index is 1.82. The molecule has 1 heterocycles. The molecule has 4 heteroatoms. The van der Waals surface area contributed by atoms with Crippen molar-refractivity contribution >= 4 is 14.1 Å². The van der Waals surface area contributed by atoms with E-state index in [2.05, 4.69) is 33.9 Å². The Kier molecular flexibility index (Phi) is 4.98. The smallest absolute Gasteiger partial charge is 0.250 e. The van der Waals surface area contributed by atoms with Gasteiger partial charge >= 0.3 is 0 Å². The van der Waals surface area contributed by atoms with Crippen LogP contribution in [0.4, 0.5) is 0 Å². The third-order valence-electron chi connectivity index (χ3n) is 6.11. The van der Waals surface area contributed by atoms with Crippen molar-refractivity contribution in [1.82, 2.24) is 0 Å². The van der Waals surface area contributed by atoms with Crippen LogP contribution in [-0.4, -0.2) is 20.7 Å². The summed E-state index contributed by atoms with van der Waals surface area (Å²) in [4.78, 5) is 13.0. The number of aryl methyl sites for hydroxylation is 1. The standard InChI is InChI=1S/C23H30O3Si/c1-15-8-13-19-21(24)20(14-25-22(19)16(15)2)17-9-11-18(12-10-17)26-27(6,7)23(3,4)5/h8-13,20H,14H2,1-7H3. The second-order valence-corrected chi connectivity index (χ2v) is 13.8. The lowest BCUT2D eigenvalue weighted by Gasteiger charge is -2.36. The molecule has 1 aliphatic heterocycles. The van der Waals surface area contributed by atoms with Crippen molar-refractivity contribution in [3.8, 4) is 11.5 Å². The van der Waals surface area contributed by atoms with Crippen molar-refractivity contribution in [1.29, 1.82) is 0 Å². The third-order valence-corrected chi connectivity index (χ3v) is 10.5. The van der Waals surface area contributed by atoms with E-state index < -0.39 is 8.32 Å². The highest BCUT2D eigenvalue weighted by Gasteiger charge is 2.39. The highest BCUT2D eigenvalue weighted by atomic mass is 28.4. The molecule has 3 nitrogen and oxygen atoms in total. The predicted octanol–water partition coefficient (Wildman–Crippen LogP) is 6.05. The molecule has 1 atom stereocenters. The molecule has 1 unspecified atom stereocenters. The number of fused-ring (bicyclic) bond motifs is 1. The van der Waals surface area contributed by atoms with E-state index in [1.54, 1.807) is 0 Å². The molecule has 144 valence electrons. The summed E-state index contributed by atoms with van der Waals surface area (Å²) in [5.41, 5.74) is 3.87. The number of ether oxygens (including phenoxy) is 1. The van der Waals surface area contributed by atoms with E-state index in [9.17, 15) is 4.79 Å². The molecule has 0 aliphatic carbocycles. The lowest BCUT2D eigenvalue weighted by atomic mass is 9.87. The molecule has 0 aromatic heterocycles. The molecule has 0 spiro atoms. The number of hydrogen-bond donors (Lipinski definition) is 0. The Labute approximate surface area is 163 Å². The van der Waals surface area contributed by atoms with Gasteiger partial charge in [0.25, 0.3) is 0 Å². The second kappa shape index (κ2) is 6.83. The van der Waals surface area contributed by atoms with E-state index in [0.29, 0.717) is 12.2 Å². The van der Waals surface area contributed by atoms with E-state index in [4.69, 9.17) is 9.16 Å². The molecule has 0 saturated carbocycles. The van der Waals surface area contributed by atoms with Crippen molar-refractivity contribution in [2.45, 2.75) is 58.7 Å². The number of Topliss-reactive ketones (excluding diaryl/α,β-unsaturated/α-hetero) is 1. The van der Waals surface area contributed by atoms with Gasteiger partial charge in [-0.3, -0.25) is 4.79 Å². The number of hydrogen-bond acceptors (Lipinski definition) is 3. The second-order valence-electron chi connectivity index (χ2n) is 9.04. The van der Waals surface area contributed by atoms with Gasteiger partial charge in [-0.05, 0) is 66.9 Å². The molecule has 1 aliphatic rings. The summed E-state index contributed by atoms with van der Waals surface area (Å²) < 4.78 is 12.3. The molecule has 0 radical (unpaired) electrons. The Bertz CT molecular complexity index is 860.